The summed E-state index contributed by atoms with van der Waals surface area (Å²) in [5.74, 6) is 0. The quantitative estimate of drug-likeness (QED) is 0.221. The molecule has 0 bridgehead atoms. The molecule has 0 aliphatic carbocycles. The van der Waals surface area contributed by atoms with Gasteiger partial charge in [0.15, 0.2) is 0 Å². The van der Waals surface area contributed by atoms with Crippen LogP contribution in [0.25, 0.3) is 22.3 Å². The van der Waals surface area contributed by atoms with Crippen LogP contribution in [0.1, 0.15) is 0 Å². The van der Waals surface area contributed by atoms with Crippen molar-refractivity contribution >= 4 is 40.5 Å². The number of anilines is 4. The molecule has 0 radical (unpaired) electrons. The van der Waals surface area contributed by atoms with Crippen molar-refractivity contribution in [3.05, 3.63) is 123 Å². The Morgan fingerprint density at radius 1 is 0.564 bits per heavy atom. The molecule has 7 heteroatoms. The van der Waals surface area contributed by atoms with Crippen LogP contribution >= 0.6 is 0 Å². The Bertz CT molecular complexity index is 1550. The van der Waals surface area contributed by atoms with E-state index >= 15 is 0 Å². The molecule has 4 aliphatic heterocycles. The summed E-state index contributed by atoms with van der Waals surface area (Å²) in [7, 11) is 4.08. The standard InChI is InChI=1S/C32H24BN5.Pt/c1-34-15-17-36(21-34)23-11-13-27-25-7-3-5-9-29(25)33-30-10-6-4-8-26(30)28-14-12-24(37-18-16-35(2)22-37)20-32(28)38(33)31(27)19-23;/h3-18,21-22H,1-2H3;/q-4;+4. The van der Waals surface area contributed by atoms with E-state index in [1.165, 1.54) is 33.2 Å². The Kier molecular flexibility index (Phi) is 5.64. The third-order valence-electron chi connectivity index (χ3n) is 7.74. The van der Waals surface area contributed by atoms with Gasteiger partial charge in [-0.3, -0.25) is 0 Å². The van der Waals surface area contributed by atoms with Gasteiger partial charge in [0.25, 0.3) is 0 Å². The third-order valence-corrected chi connectivity index (χ3v) is 7.74. The van der Waals surface area contributed by atoms with Gasteiger partial charge < -0.3 is 24.4 Å². The molecule has 8 rings (SSSR count). The number of rotatable bonds is 2. The Labute approximate surface area is 244 Å². The second-order valence-electron chi connectivity index (χ2n) is 10.1. The van der Waals surface area contributed by atoms with Crippen LogP contribution in [0.2, 0.25) is 0 Å². The summed E-state index contributed by atoms with van der Waals surface area (Å²) >= 11 is 0. The number of fused-ring (bicyclic) bond motifs is 11. The van der Waals surface area contributed by atoms with Crippen LogP contribution in [0.4, 0.5) is 22.7 Å². The molecule has 0 amide bonds. The van der Waals surface area contributed by atoms with Crippen LogP contribution in [0.3, 0.4) is 0 Å². The molecule has 4 heterocycles. The van der Waals surface area contributed by atoms with E-state index in [1.807, 2.05) is 14.1 Å². The van der Waals surface area contributed by atoms with Crippen molar-refractivity contribution < 1.29 is 21.1 Å². The monoisotopic (exact) mass is 684 g/mol. The topological polar surface area (TPSA) is 16.2 Å². The summed E-state index contributed by atoms with van der Waals surface area (Å²) in [6, 6.07) is 34.0. The van der Waals surface area contributed by atoms with E-state index in [-0.39, 0.29) is 27.9 Å². The van der Waals surface area contributed by atoms with E-state index in [4.69, 9.17) is 0 Å². The SMILES string of the molecule is CN1C=CN(c2[c-]c3c(cc2)-c2ccccc2B2c4ccccc4-c4ccc(N5C=CN(C)[CH-]5)[c-]c4N23)[CH-]1.[Pt+4]. The molecular formula is C32H24BN5Pt. The molecular weight excluding hydrogens is 660 g/mol. The zero-order chi connectivity index (χ0) is 25.4. The first-order valence-electron chi connectivity index (χ1n) is 12.8. The van der Waals surface area contributed by atoms with Gasteiger partial charge in [-0.1, -0.05) is 82.0 Å². The smallest absolute Gasteiger partial charge is 0.510 e. The first kappa shape index (κ1) is 24.2. The van der Waals surface area contributed by atoms with Crippen LogP contribution in [0, 0.1) is 25.5 Å². The van der Waals surface area contributed by atoms with Gasteiger partial charge in [-0.15, -0.1) is 46.8 Å². The van der Waals surface area contributed by atoms with Gasteiger partial charge in [0.05, 0.1) is 0 Å². The maximum atomic E-state index is 3.81. The number of hydrogen-bond acceptors (Lipinski definition) is 5. The minimum absolute atomic E-state index is 0. The summed E-state index contributed by atoms with van der Waals surface area (Å²) in [4.78, 5) is 10.8. The van der Waals surface area contributed by atoms with E-state index in [2.05, 4.69) is 147 Å². The Morgan fingerprint density at radius 2 is 1.03 bits per heavy atom. The van der Waals surface area contributed by atoms with E-state index in [0.29, 0.717) is 0 Å². The molecule has 39 heavy (non-hydrogen) atoms. The number of hydrogen-bond donors (Lipinski definition) is 0. The first-order chi connectivity index (χ1) is 18.7. The molecule has 0 saturated heterocycles. The molecule has 0 atom stereocenters. The van der Waals surface area contributed by atoms with Gasteiger partial charge in [-0.05, 0) is 38.9 Å². The zero-order valence-electron chi connectivity index (χ0n) is 21.5. The Balaban J connectivity index is 0.00000253. The van der Waals surface area contributed by atoms with Gasteiger partial charge in [0, 0.05) is 0 Å². The zero-order valence-corrected chi connectivity index (χ0v) is 23.8. The molecule has 0 saturated carbocycles. The summed E-state index contributed by atoms with van der Waals surface area (Å²) < 4.78 is 0. The average Bonchev–Trinajstić information content (AvgIpc) is 3.60. The molecule has 5 nitrogen and oxygen atoms in total. The summed E-state index contributed by atoms with van der Waals surface area (Å²) in [6.45, 7) is 4.17. The molecule has 4 aliphatic rings. The Morgan fingerprint density at radius 3 is 1.46 bits per heavy atom. The van der Waals surface area contributed by atoms with Gasteiger partial charge in [0.2, 0.25) is 0 Å². The van der Waals surface area contributed by atoms with Crippen LogP contribution in [0.15, 0.2) is 97.6 Å². The second-order valence-corrected chi connectivity index (χ2v) is 10.1. The molecule has 0 N–H and O–H groups in total. The summed E-state index contributed by atoms with van der Waals surface area (Å²) in [5, 5.41) is 0. The van der Waals surface area contributed by atoms with Crippen LogP contribution in [-0.2, 0) is 21.1 Å². The fraction of sp³-hybridized carbons (Fsp3) is 0.0625. The number of benzene rings is 4. The molecule has 0 aromatic heterocycles. The van der Waals surface area contributed by atoms with Gasteiger partial charge in [0.1, 0.15) is 0 Å². The van der Waals surface area contributed by atoms with Gasteiger partial charge in [-0.25, -0.2) is 0 Å². The van der Waals surface area contributed by atoms with Crippen LogP contribution in [0.5, 0.6) is 0 Å². The largest absolute Gasteiger partial charge is 4.00 e. The molecule has 0 spiro atoms. The molecule has 4 aromatic carbocycles. The van der Waals surface area contributed by atoms with Crippen LogP contribution < -0.4 is 25.5 Å². The number of nitrogens with zero attached hydrogens (tertiary/aromatic N) is 5. The molecule has 0 fully saturated rings. The van der Waals surface area contributed by atoms with Gasteiger partial charge >= 0.3 is 27.9 Å². The fourth-order valence-electron chi connectivity index (χ4n) is 6.02. The van der Waals surface area contributed by atoms with E-state index < -0.39 is 0 Å². The molecule has 190 valence electrons. The van der Waals surface area contributed by atoms with Crippen molar-refractivity contribution in [2.45, 2.75) is 0 Å². The van der Waals surface area contributed by atoms with Crippen molar-refractivity contribution in [1.29, 1.82) is 0 Å². The van der Waals surface area contributed by atoms with Crippen molar-refractivity contribution in [2.24, 2.45) is 0 Å². The average molecular weight is 684 g/mol. The van der Waals surface area contributed by atoms with Gasteiger partial charge in [-0.2, -0.15) is 25.5 Å². The van der Waals surface area contributed by atoms with E-state index in [9.17, 15) is 0 Å². The van der Waals surface area contributed by atoms with E-state index in [1.54, 1.807) is 0 Å². The molecule has 0 unspecified atom stereocenters. The van der Waals surface area contributed by atoms with Crippen molar-refractivity contribution in [3.63, 3.8) is 0 Å². The minimum Gasteiger partial charge on any atom is -0.510 e. The second kappa shape index (κ2) is 9.10. The van der Waals surface area contributed by atoms with Crippen molar-refractivity contribution in [1.82, 2.24) is 9.80 Å². The predicted octanol–water partition coefficient (Wildman–Crippen LogP) is 4.87. The normalized spacial score (nSPS) is 16.1. The minimum atomic E-state index is 0. The maximum Gasteiger partial charge on any atom is 4.00 e. The van der Waals surface area contributed by atoms with Crippen molar-refractivity contribution in [3.8, 4) is 22.3 Å². The van der Waals surface area contributed by atoms with Crippen LogP contribution in [-0.4, -0.2) is 30.7 Å². The van der Waals surface area contributed by atoms with E-state index in [0.717, 1.165) is 22.7 Å². The maximum absolute atomic E-state index is 3.81. The first-order valence-corrected chi connectivity index (χ1v) is 12.8. The van der Waals surface area contributed by atoms with Crippen molar-refractivity contribution in [2.75, 3.05) is 28.7 Å². The predicted molar refractivity (Wildman–Crippen MR) is 156 cm³/mol. The summed E-state index contributed by atoms with van der Waals surface area (Å²) in [6.07, 6.45) is 8.24. The Hall–Kier alpha value is -3.89. The molecule has 4 aromatic rings. The fourth-order valence-corrected chi connectivity index (χ4v) is 6.02. The third kappa shape index (κ3) is 3.65. The summed E-state index contributed by atoms with van der Waals surface area (Å²) in [5.41, 5.74) is 11.7.